The Bertz CT molecular complexity index is 391. The summed E-state index contributed by atoms with van der Waals surface area (Å²) in [6.07, 6.45) is 3.05. The highest BCUT2D eigenvalue weighted by molar-refractivity contribution is 7.09. The molecule has 1 atom stereocenters. The zero-order valence-corrected chi connectivity index (χ0v) is 11.2. The highest BCUT2D eigenvalue weighted by atomic mass is 32.1. The summed E-state index contributed by atoms with van der Waals surface area (Å²) in [5.74, 6) is 0.133. The SMILES string of the molecule is CCc1nc(CN2CCC[C@H]2C(=O)NC)cs1. The van der Waals surface area contributed by atoms with Crippen LogP contribution in [0.1, 0.15) is 30.5 Å². The summed E-state index contributed by atoms with van der Waals surface area (Å²) in [5, 5.41) is 6.03. The number of aromatic nitrogens is 1. The second-order valence-corrected chi connectivity index (χ2v) is 5.27. The van der Waals surface area contributed by atoms with Gasteiger partial charge in [0.15, 0.2) is 0 Å². The molecule has 1 N–H and O–H groups in total. The Labute approximate surface area is 106 Å². The average Bonchev–Trinajstić information content (AvgIpc) is 2.97. The van der Waals surface area contributed by atoms with Crippen molar-refractivity contribution in [3.8, 4) is 0 Å². The van der Waals surface area contributed by atoms with Crippen LogP contribution in [0.3, 0.4) is 0 Å². The molecule has 94 valence electrons. The van der Waals surface area contributed by atoms with Crippen LogP contribution in [0, 0.1) is 0 Å². The summed E-state index contributed by atoms with van der Waals surface area (Å²) in [6, 6.07) is 0.0341. The van der Waals surface area contributed by atoms with Crippen molar-refractivity contribution >= 4 is 17.2 Å². The molecule has 5 heteroatoms. The molecule has 0 radical (unpaired) electrons. The van der Waals surface area contributed by atoms with Gasteiger partial charge in [-0.05, 0) is 25.8 Å². The molecule has 0 aromatic carbocycles. The van der Waals surface area contributed by atoms with Gasteiger partial charge in [-0.3, -0.25) is 9.69 Å². The van der Waals surface area contributed by atoms with E-state index in [4.69, 9.17) is 0 Å². The largest absolute Gasteiger partial charge is 0.358 e. The minimum absolute atomic E-state index is 0.0341. The first kappa shape index (κ1) is 12.5. The van der Waals surface area contributed by atoms with Crippen molar-refractivity contribution in [2.45, 2.75) is 38.8 Å². The molecule has 0 unspecified atom stereocenters. The van der Waals surface area contributed by atoms with E-state index < -0.39 is 0 Å². The van der Waals surface area contributed by atoms with Gasteiger partial charge in [0.25, 0.3) is 0 Å². The fourth-order valence-corrected chi connectivity index (χ4v) is 3.01. The fourth-order valence-electron chi connectivity index (χ4n) is 2.27. The first-order valence-corrected chi connectivity index (χ1v) is 7.01. The molecule has 4 nitrogen and oxygen atoms in total. The van der Waals surface area contributed by atoms with E-state index in [9.17, 15) is 4.79 Å². The van der Waals surface area contributed by atoms with Crippen LogP contribution in [-0.4, -0.2) is 35.4 Å². The Morgan fingerprint density at radius 2 is 2.53 bits per heavy atom. The van der Waals surface area contributed by atoms with Crippen molar-refractivity contribution in [3.05, 3.63) is 16.1 Å². The lowest BCUT2D eigenvalue weighted by atomic mass is 10.2. The molecule has 0 aliphatic carbocycles. The number of carbonyl (C=O) groups is 1. The van der Waals surface area contributed by atoms with Crippen molar-refractivity contribution in [1.82, 2.24) is 15.2 Å². The zero-order chi connectivity index (χ0) is 12.3. The van der Waals surface area contributed by atoms with Crippen LogP contribution in [0.25, 0.3) is 0 Å². The van der Waals surface area contributed by atoms with Gasteiger partial charge in [-0.15, -0.1) is 11.3 Å². The minimum atomic E-state index is 0.0341. The van der Waals surface area contributed by atoms with Crippen molar-refractivity contribution in [3.63, 3.8) is 0 Å². The summed E-state index contributed by atoms with van der Waals surface area (Å²) in [6.45, 7) is 3.91. The van der Waals surface area contributed by atoms with E-state index in [0.717, 1.165) is 38.0 Å². The zero-order valence-electron chi connectivity index (χ0n) is 10.4. The number of likely N-dealkylation sites (tertiary alicyclic amines) is 1. The number of likely N-dealkylation sites (N-methyl/N-ethyl adjacent to an activating group) is 1. The molecule has 1 amide bonds. The molecule has 0 saturated carbocycles. The molecular weight excluding hydrogens is 234 g/mol. The smallest absolute Gasteiger partial charge is 0.237 e. The molecule has 1 aromatic heterocycles. The summed E-state index contributed by atoms with van der Waals surface area (Å²) >= 11 is 1.71. The van der Waals surface area contributed by atoms with Crippen molar-refractivity contribution < 1.29 is 4.79 Å². The maximum absolute atomic E-state index is 11.7. The van der Waals surface area contributed by atoms with Gasteiger partial charge < -0.3 is 5.32 Å². The van der Waals surface area contributed by atoms with Crippen molar-refractivity contribution in [2.24, 2.45) is 0 Å². The third kappa shape index (κ3) is 2.84. The van der Waals surface area contributed by atoms with Crippen LogP contribution < -0.4 is 5.32 Å². The van der Waals surface area contributed by atoms with Gasteiger partial charge in [-0.25, -0.2) is 4.98 Å². The number of hydrogen-bond acceptors (Lipinski definition) is 4. The summed E-state index contributed by atoms with van der Waals surface area (Å²) in [7, 11) is 1.71. The van der Waals surface area contributed by atoms with E-state index in [1.807, 2.05) is 0 Å². The van der Waals surface area contributed by atoms with Crippen LogP contribution >= 0.6 is 11.3 Å². The summed E-state index contributed by atoms with van der Waals surface area (Å²) in [5.41, 5.74) is 1.10. The Hall–Kier alpha value is -0.940. The molecule has 2 rings (SSSR count). The monoisotopic (exact) mass is 253 g/mol. The first-order chi connectivity index (χ1) is 8.24. The predicted octanol–water partition coefficient (Wildman–Crippen LogP) is 1.42. The van der Waals surface area contributed by atoms with Crippen LogP contribution in [-0.2, 0) is 17.8 Å². The lowest BCUT2D eigenvalue weighted by Gasteiger charge is -2.21. The molecule has 0 spiro atoms. The third-order valence-corrected chi connectivity index (χ3v) is 4.22. The molecule has 17 heavy (non-hydrogen) atoms. The quantitative estimate of drug-likeness (QED) is 0.882. The highest BCUT2D eigenvalue weighted by Crippen LogP contribution is 2.21. The Morgan fingerprint density at radius 1 is 1.71 bits per heavy atom. The summed E-state index contributed by atoms with van der Waals surface area (Å²) < 4.78 is 0. The fraction of sp³-hybridized carbons (Fsp3) is 0.667. The summed E-state index contributed by atoms with van der Waals surface area (Å²) in [4.78, 5) is 18.5. The Morgan fingerprint density at radius 3 is 3.18 bits per heavy atom. The van der Waals surface area contributed by atoms with E-state index in [1.54, 1.807) is 18.4 Å². The number of thiazole rings is 1. The van der Waals surface area contributed by atoms with E-state index >= 15 is 0 Å². The number of rotatable bonds is 4. The maximum atomic E-state index is 11.7. The lowest BCUT2D eigenvalue weighted by Crippen LogP contribution is -2.41. The number of nitrogens with zero attached hydrogens (tertiary/aromatic N) is 2. The van der Waals surface area contributed by atoms with Gasteiger partial charge >= 0.3 is 0 Å². The molecule has 1 fully saturated rings. The lowest BCUT2D eigenvalue weighted by molar-refractivity contribution is -0.125. The number of aryl methyl sites for hydroxylation is 1. The maximum Gasteiger partial charge on any atom is 0.237 e. The van der Waals surface area contributed by atoms with Gasteiger partial charge in [-0.2, -0.15) is 0 Å². The molecule has 1 aliphatic rings. The van der Waals surface area contributed by atoms with Gasteiger partial charge in [0.2, 0.25) is 5.91 Å². The third-order valence-electron chi connectivity index (χ3n) is 3.18. The number of amides is 1. The minimum Gasteiger partial charge on any atom is -0.358 e. The number of carbonyl (C=O) groups excluding carboxylic acids is 1. The molecule has 1 aromatic rings. The van der Waals surface area contributed by atoms with Gasteiger partial charge in [0.05, 0.1) is 16.7 Å². The van der Waals surface area contributed by atoms with Crippen molar-refractivity contribution in [1.29, 1.82) is 0 Å². The molecule has 1 saturated heterocycles. The second kappa shape index (κ2) is 5.60. The number of nitrogens with one attached hydrogen (secondary N) is 1. The highest BCUT2D eigenvalue weighted by Gasteiger charge is 2.30. The first-order valence-electron chi connectivity index (χ1n) is 6.13. The van der Waals surface area contributed by atoms with Crippen molar-refractivity contribution in [2.75, 3.05) is 13.6 Å². The van der Waals surface area contributed by atoms with Gasteiger partial charge in [0.1, 0.15) is 0 Å². The van der Waals surface area contributed by atoms with E-state index in [1.165, 1.54) is 5.01 Å². The topological polar surface area (TPSA) is 45.2 Å². The number of hydrogen-bond donors (Lipinski definition) is 1. The molecule has 0 bridgehead atoms. The van der Waals surface area contributed by atoms with Crippen LogP contribution in [0.4, 0.5) is 0 Å². The van der Waals surface area contributed by atoms with E-state index in [2.05, 4.69) is 27.5 Å². The van der Waals surface area contributed by atoms with Crippen LogP contribution in [0.2, 0.25) is 0 Å². The average molecular weight is 253 g/mol. The van der Waals surface area contributed by atoms with E-state index in [0.29, 0.717) is 0 Å². The van der Waals surface area contributed by atoms with Crippen LogP contribution in [0.5, 0.6) is 0 Å². The van der Waals surface area contributed by atoms with Gasteiger partial charge in [0, 0.05) is 19.0 Å². The second-order valence-electron chi connectivity index (χ2n) is 4.33. The molecule has 2 heterocycles. The van der Waals surface area contributed by atoms with E-state index in [-0.39, 0.29) is 11.9 Å². The van der Waals surface area contributed by atoms with Gasteiger partial charge in [-0.1, -0.05) is 6.92 Å². The molecular formula is C12H19N3OS. The molecule has 1 aliphatic heterocycles. The standard InChI is InChI=1S/C12H19N3OS/c1-3-11-14-9(8-17-11)7-15-6-4-5-10(15)12(16)13-2/h8,10H,3-7H2,1-2H3,(H,13,16)/t10-/m0/s1. The Balaban J connectivity index is 2.00. The predicted molar refractivity (Wildman–Crippen MR) is 69.0 cm³/mol. The normalized spacial score (nSPS) is 20.7. The van der Waals surface area contributed by atoms with Crippen LogP contribution in [0.15, 0.2) is 5.38 Å². The Kier molecular flexibility index (Phi) is 4.12.